The molecule has 1 fully saturated rings. The third kappa shape index (κ3) is 2.65. The van der Waals surface area contributed by atoms with Crippen LogP contribution in [0.5, 0.6) is 0 Å². The Morgan fingerprint density at radius 2 is 1.87 bits per heavy atom. The van der Waals surface area contributed by atoms with Crippen LogP contribution in [-0.4, -0.2) is 29.5 Å². The summed E-state index contributed by atoms with van der Waals surface area (Å²) < 4.78 is 1.23. The summed E-state index contributed by atoms with van der Waals surface area (Å²) in [7, 11) is 0. The molecule has 23 heavy (non-hydrogen) atoms. The van der Waals surface area contributed by atoms with Gasteiger partial charge in [-0.25, -0.2) is 4.98 Å². The van der Waals surface area contributed by atoms with Gasteiger partial charge in [-0.2, -0.15) is 0 Å². The zero-order chi connectivity index (χ0) is 15.9. The summed E-state index contributed by atoms with van der Waals surface area (Å²) in [6, 6.07) is 12.4. The number of pyridine rings is 1. The van der Waals surface area contributed by atoms with Crippen LogP contribution in [-0.2, 0) is 4.79 Å². The smallest absolute Gasteiger partial charge is 0.251 e. The second-order valence-electron chi connectivity index (χ2n) is 6.02. The minimum Gasteiger partial charge on any atom is -0.371 e. The Bertz CT molecular complexity index is 739. The van der Waals surface area contributed by atoms with Crippen molar-refractivity contribution in [3.8, 4) is 0 Å². The molecule has 118 valence electrons. The van der Waals surface area contributed by atoms with E-state index in [4.69, 9.17) is 0 Å². The third-order valence-electron chi connectivity index (χ3n) is 4.66. The van der Waals surface area contributed by atoms with Crippen LogP contribution in [0.15, 0.2) is 42.6 Å². The molecule has 6 heteroatoms. The molecule has 0 aliphatic carbocycles. The first-order valence-corrected chi connectivity index (χ1v) is 8.79. The number of benzene rings is 1. The van der Waals surface area contributed by atoms with Crippen molar-refractivity contribution in [3.05, 3.63) is 46.2 Å². The number of hydrogen-bond donors (Lipinski definition) is 2. The molecule has 2 aliphatic rings. The van der Waals surface area contributed by atoms with Gasteiger partial charge in [-0.15, -0.1) is 0 Å². The Morgan fingerprint density at radius 3 is 2.61 bits per heavy atom. The van der Waals surface area contributed by atoms with Gasteiger partial charge in [0.2, 0.25) is 0 Å². The molecule has 3 heterocycles. The van der Waals surface area contributed by atoms with Gasteiger partial charge in [0, 0.05) is 28.5 Å². The fourth-order valence-electron chi connectivity index (χ4n) is 3.30. The second-order valence-corrected chi connectivity index (χ2v) is 7.27. The van der Waals surface area contributed by atoms with E-state index in [1.54, 1.807) is 6.20 Å². The number of anilines is 3. The maximum absolute atomic E-state index is 12.6. The van der Waals surface area contributed by atoms with Crippen LogP contribution in [0.3, 0.4) is 0 Å². The summed E-state index contributed by atoms with van der Waals surface area (Å²) in [6.07, 6.45) is 3.25. The van der Waals surface area contributed by atoms with Gasteiger partial charge in [0.15, 0.2) is 5.82 Å². The van der Waals surface area contributed by atoms with Crippen LogP contribution >= 0.6 is 22.6 Å². The molecule has 5 nitrogen and oxygen atoms in total. The van der Waals surface area contributed by atoms with Crippen LogP contribution in [0.1, 0.15) is 12.8 Å². The monoisotopic (exact) mass is 420 g/mol. The van der Waals surface area contributed by atoms with Crippen molar-refractivity contribution in [1.82, 2.24) is 4.98 Å². The molecule has 0 atom stereocenters. The second kappa shape index (κ2) is 5.67. The highest BCUT2D eigenvalue weighted by molar-refractivity contribution is 14.1. The fourth-order valence-corrected chi connectivity index (χ4v) is 3.66. The number of rotatable bonds is 1. The molecule has 0 radical (unpaired) electrons. The number of nitrogens with one attached hydrogen (secondary N) is 2. The van der Waals surface area contributed by atoms with Crippen molar-refractivity contribution >= 4 is 45.7 Å². The average molecular weight is 420 g/mol. The van der Waals surface area contributed by atoms with Crippen molar-refractivity contribution in [2.24, 2.45) is 0 Å². The van der Waals surface area contributed by atoms with Crippen LogP contribution < -0.4 is 15.5 Å². The van der Waals surface area contributed by atoms with E-state index in [2.05, 4.69) is 67.4 Å². The lowest BCUT2D eigenvalue weighted by Gasteiger charge is -2.44. The van der Waals surface area contributed by atoms with E-state index in [0.717, 1.165) is 31.6 Å². The molecule has 1 aromatic carbocycles. The molecular weight excluding hydrogens is 403 g/mol. The molecule has 2 aliphatic heterocycles. The van der Waals surface area contributed by atoms with Gasteiger partial charge in [-0.3, -0.25) is 4.79 Å². The number of nitrogens with zero attached hydrogens (tertiary/aromatic N) is 2. The largest absolute Gasteiger partial charge is 0.371 e. The van der Waals surface area contributed by atoms with Gasteiger partial charge in [0.25, 0.3) is 5.91 Å². The molecule has 1 aromatic heterocycles. The number of aromatic nitrogens is 1. The number of halogens is 1. The molecule has 2 N–H and O–H groups in total. The van der Waals surface area contributed by atoms with E-state index in [-0.39, 0.29) is 5.91 Å². The topological polar surface area (TPSA) is 57.3 Å². The Hall–Kier alpha value is -1.83. The van der Waals surface area contributed by atoms with Gasteiger partial charge in [-0.05, 0) is 71.8 Å². The van der Waals surface area contributed by atoms with E-state index in [1.807, 2.05) is 12.1 Å². The van der Waals surface area contributed by atoms with E-state index >= 15 is 0 Å². The lowest BCUT2D eigenvalue weighted by molar-refractivity contribution is -0.121. The predicted molar refractivity (Wildman–Crippen MR) is 99.8 cm³/mol. The standard InChI is InChI=1S/C17H17IN4O/c18-12-3-5-13(6-4-12)22-10-7-17(8-11-22)16(23)20-15-14(21-17)2-1-9-19-15/h1-6,9,21H,7-8,10-11H2,(H,19,20,23). The lowest BCUT2D eigenvalue weighted by atomic mass is 9.84. The number of piperidine rings is 1. The lowest BCUT2D eigenvalue weighted by Crippen LogP contribution is -2.58. The van der Waals surface area contributed by atoms with E-state index in [0.29, 0.717) is 5.82 Å². The zero-order valence-corrected chi connectivity index (χ0v) is 14.7. The normalized spacial score (nSPS) is 19.0. The first-order chi connectivity index (χ1) is 11.2. The molecule has 0 unspecified atom stereocenters. The summed E-state index contributed by atoms with van der Waals surface area (Å²) in [6.45, 7) is 1.72. The minimum absolute atomic E-state index is 0.0333. The van der Waals surface area contributed by atoms with Crippen molar-refractivity contribution in [1.29, 1.82) is 0 Å². The molecule has 1 amide bonds. The molecule has 0 bridgehead atoms. The fraction of sp³-hybridized carbons (Fsp3) is 0.294. The SMILES string of the molecule is O=C1Nc2ncccc2NC12CCN(c1ccc(I)cc1)CC2. The van der Waals surface area contributed by atoms with Gasteiger partial charge in [0.05, 0.1) is 5.69 Å². The summed E-state index contributed by atoms with van der Waals surface area (Å²) in [5.74, 6) is 0.661. The molecule has 0 saturated carbocycles. The van der Waals surface area contributed by atoms with Crippen molar-refractivity contribution in [2.45, 2.75) is 18.4 Å². The maximum atomic E-state index is 12.6. The van der Waals surface area contributed by atoms with Crippen molar-refractivity contribution < 1.29 is 4.79 Å². The highest BCUT2D eigenvalue weighted by Gasteiger charge is 2.44. The molecule has 1 saturated heterocycles. The van der Waals surface area contributed by atoms with Crippen molar-refractivity contribution in [3.63, 3.8) is 0 Å². The van der Waals surface area contributed by atoms with E-state index in [1.165, 1.54) is 9.26 Å². The minimum atomic E-state index is -0.518. The maximum Gasteiger partial charge on any atom is 0.251 e. The molecule has 1 spiro atoms. The van der Waals surface area contributed by atoms with Crippen LogP contribution in [0, 0.1) is 3.57 Å². The summed E-state index contributed by atoms with van der Waals surface area (Å²) in [5, 5.41) is 6.39. The number of carbonyl (C=O) groups excluding carboxylic acids is 1. The quantitative estimate of drug-likeness (QED) is 0.697. The Morgan fingerprint density at radius 1 is 1.13 bits per heavy atom. The predicted octanol–water partition coefficient (Wildman–Crippen LogP) is 3.09. The van der Waals surface area contributed by atoms with Crippen LogP contribution in [0.2, 0.25) is 0 Å². The Labute approximate surface area is 148 Å². The van der Waals surface area contributed by atoms with E-state index < -0.39 is 5.54 Å². The Balaban J connectivity index is 1.52. The average Bonchev–Trinajstić information content (AvgIpc) is 2.58. The third-order valence-corrected chi connectivity index (χ3v) is 5.38. The first kappa shape index (κ1) is 14.7. The molecule has 4 rings (SSSR count). The van der Waals surface area contributed by atoms with Gasteiger partial charge in [-0.1, -0.05) is 0 Å². The van der Waals surface area contributed by atoms with Crippen molar-refractivity contribution in [2.75, 3.05) is 28.6 Å². The molecular formula is C17H17IN4O. The van der Waals surface area contributed by atoms with Gasteiger partial charge in [0.1, 0.15) is 5.54 Å². The highest BCUT2D eigenvalue weighted by Crippen LogP contribution is 2.36. The van der Waals surface area contributed by atoms with Crippen LogP contribution in [0.25, 0.3) is 0 Å². The first-order valence-electron chi connectivity index (χ1n) is 7.71. The summed E-state index contributed by atoms with van der Waals surface area (Å²) >= 11 is 2.31. The molecule has 2 aromatic rings. The zero-order valence-electron chi connectivity index (χ0n) is 12.6. The Kier molecular flexibility index (Phi) is 3.63. The van der Waals surface area contributed by atoms with Crippen LogP contribution in [0.4, 0.5) is 17.2 Å². The van der Waals surface area contributed by atoms with E-state index in [9.17, 15) is 4.79 Å². The number of carbonyl (C=O) groups is 1. The number of hydrogen-bond acceptors (Lipinski definition) is 4. The van der Waals surface area contributed by atoms with Gasteiger partial charge < -0.3 is 15.5 Å². The number of amides is 1. The summed E-state index contributed by atoms with van der Waals surface area (Å²) in [5.41, 5.74) is 1.61. The highest BCUT2D eigenvalue weighted by atomic mass is 127. The number of fused-ring (bicyclic) bond motifs is 1. The summed E-state index contributed by atoms with van der Waals surface area (Å²) in [4.78, 5) is 19.1. The van der Waals surface area contributed by atoms with Gasteiger partial charge >= 0.3 is 0 Å².